The lowest BCUT2D eigenvalue weighted by Gasteiger charge is -2.13. The lowest BCUT2D eigenvalue weighted by Crippen LogP contribution is -2.18. The molecule has 3 aromatic carbocycles. The van der Waals surface area contributed by atoms with Gasteiger partial charge in [0.05, 0.1) is 19.4 Å². The molecule has 0 aliphatic carbocycles. The van der Waals surface area contributed by atoms with Crippen molar-refractivity contribution in [1.82, 2.24) is 5.43 Å². The van der Waals surface area contributed by atoms with Gasteiger partial charge in [0, 0.05) is 15.6 Å². The van der Waals surface area contributed by atoms with Crippen LogP contribution >= 0.6 is 15.9 Å². The Morgan fingerprint density at radius 3 is 2.50 bits per heavy atom. The average molecular weight is 525 g/mol. The highest BCUT2D eigenvalue weighted by molar-refractivity contribution is 9.10. The van der Waals surface area contributed by atoms with Crippen molar-refractivity contribution in [2.24, 2.45) is 5.10 Å². The number of carbonyl (C=O) groups is 1. The molecule has 3 rings (SSSR count). The van der Waals surface area contributed by atoms with E-state index in [9.17, 15) is 4.79 Å². The van der Waals surface area contributed by atoms with Gasteiger partial charge in [0.2, 0.25) is 0 Å². The van der Waals surface area contributed by atoms with Crippen molar-refractivity contribution in [2.75, 3.05) is 13.2 Å². The van der Waals surface area contributed by atoms with Gasteiger partial charge in [-0.3, -0.25) is 4.79 Å². The molecule has 0 bridgehead atoms. The molecule has 0 radical (unpaired) electrons. The summed E-state index contributed by atoms with van der Waals surface area (Å²) in [7, 11) is 0. The zero-order valence-corrected chi connectivity index (χ0v) is 21.0. The molecule has 3 aromatic rings. The van der Waals surface area contributed by atoms with Gasteiger partial charge in [0.1, 0.15) is 12.4 Å². The molecule has 0 aliphatic rings. The number of ether oxygens (including phenoxy) is 3. The smallest absolute Gasteiger partial charge is 0.271 e. The summed E-state index contributed by atoms with van der Waals surface area (Å²) in [5, 5.41) is 4.12. The Kier molecular flexibility index (Phi) is 9.98. The maximum atomic E-state index is 12.7. The topological polar surface area (TPSA) is 69.2 Å². The highest BCUT2D eigenvalue weighted by atomic mass is 79.9. The largest absolute Gasteiger partial charge is 0.493 e. The fraction of sp³-hybridized carbons (Fsp3) is 0.259. The number of hydrazone groups is 1. The van der Waals surface area contributed by atoms with Crippen LogP contribution in [-0.4, -0.2) is 25.3 Å². The van der Waals surface area contributed by atoms with Crippen molar-refractivity contribution < 1.29 is 19.0 Å². The van der Waals surface area contributed by atoms with Crippen LogP contribution in [0.3, 0.4) is 0 Å². The van der Waals surface area contributed by atoms with Crippen LogP contribution in [0.1, 0.15) is 48.2 Å². The Bertz CT molecular complexity index is 1100. The summed E-state index contributed by atoms with van der Waals surface area (Å²) in [5.41, 5.74) is 4.81. The summed E-state index contributed by atoms with van der Waals surface area (Å²) in [5.74, 6) is 1.45. The Balaban J connectivity index is 1.67. The Morgan fingerprint density at radius 1 is 0.941 bits per heavy atom. The van der Waals surface area contributed by atoms with Gasteiger partial charge in [-0.05, 0) is 55.3 Å². The van der Waals surface area contributed by atoms with E-state index >= 15 is 0 Å². The van der Waals surface area contributed by atoms with Crippen molar-refractivity contribution in [3.8, 4) is 17.2 Å². The number of unbranched alkanes of at least 4 members (excludes halogenated alkanes) is 1. The molecule has 0 saturated carbocycles. The molecule has 0 atom stereocenters. The Hall–Kier alpha value is -3.32. The van der Waals surface area contributed by atoms with Crippen molar-refractivity contribution in [3.05, 3.63) is 87.9 Å². The number of rotatable bonds is 12. The number of hydrogen-bond acceptors (Lipinski definition) is 5. The second-order valence-electron chi connectivity index (χ2n) is 7.45. The van der Waals surface area contributed by atoms with Crippen LogP contribution in [0.2, 0.25) is 0 Å². The first-order chi connectivity index (χ1) is 16.6. The van der Waals surface area contributed by atoms with Gasteiger partial charge < -0.3 is 14.2 Å². The van der Waals surface area contributed by atoms with E-state index in [1.807, 2.05) is 55.5 Å². The molecule has 0 aromatic heterocycles. The molecule has 1 amide bonds. The molecule has 0 spiro atoms. The Morgan fingerprint density at radius 2 is 1.74 bits per heavy atom. The third-order valence-corrected chi connectivity index (χ3v) is 5.33. The molecule has 178 valence electrons. The minimum absolute atomic E-state index is 0.352. The van der Waals surface area contributed by atoms with Gasteiger partial charge in [0.15, 0.2) is 11.5 Å². The highest BCUT2D eigenvalue weighted by Crippen LogP contribution is 2.29. The molecule has 34 heavy (non-hydrogen) atoms. The van der Waals surface area contributed by atoms with Crippen LogP contribution in [0.4, 0.5) is 0 Å². The van der Waals surface area contributed by atoms with Gasteiger partial charge in [0.25, 0.3) is 5.91 Å². The van der Waals surface area contributed by atoms with Crippen molar-refractivity contribution in [1.29, 1.82) is 0 Å². The number of benzene rings is 3. The molecule has 6 nitrogen and oxygen atoms in total. The van der Waals surface area contributed by atoms with Crippen LogP contribution in [-0.2, 0) is 6.61 Å². The third kappa shape index (κ3) is 7.63. The maximum Gasteiger partial charge on any atom is 0.271 e. The number of nitrogens with zero attached hydrogens (tertiary/aromatic N) is 1. The van der Waals surface area contributed by atoms with Gasteiger partial charge in [-0.1, -0.05) is 59.6 Å². The van der Waals surface area contributed by atoms with E-state index in [1.165, 1.54) is 0 Å². The summed E-state index contributed by atoms with van der Waals surface area (Å²) in [6, 6.07) is 20.6. The lowest BCUT2D eigenvalue weighted by molar-refractivity contribution is 0.0954. The number of hydrogen-bond donors (Lipinski definition) is 1. The van der Waals surface area contributed by atoms with E-state index in [4.69, 9.17) is 14.2 Å². The molecular weight excluding hydrogens is 496 g/mol. The summed E-state index contributed by atoms with van der Waals surface area (Å²) in [4.78, 5) is 12.7. The Labute approximate surface area is 209 Å². The maximum absolute atomic E-state index is 12.7. The molecule has 0 aliphatic heterocycles. The standard InChI is InChI=1S/C27H29BrN2O4/c1-3-5-15-33-24-14-12-23(28)16-22(24)18-29-30-27(31)21-11-13-25(26(17-21)32-4-2)34-19-20-9-7-6-8-10-20/h6-14,16-18H,3-5,15,19H2,1-2H3,(H,30,31)/b29-18+. The van der Waals surface area contributed by atoms with Gasteiger partial charge in [-0.2, -0.15) is 5.10 Å². The predicted octanol–water partition coefficient (Wildman–Crippen LogP) is 6.37. The van der Waals surface area contributed by atoms with E-state index in [2.05, 4.69) is 33.4 Å². The van der Waals surface area contributed by atoms with Crippen molar-refractivity contribution in [3.63, 3.8) is 0 Å². The summed E-state index contributed by atoms with van der Waals surface area (Å²) < 4.78 is 18.3. The molecule has 7 heteroatoms. The van der Waals surface area contributed by atoms with Crippen LogP contribution in [0.5, 0.6) is 17.2 Å². The second-order valence-corrected chi connectivity index (χ2v) is 8.37. The van der Waals surface area contributed by atoms with E-state index in [1.54, 1.807) is 24.4 Å². The highest BCUT2D eigenvalue weighted by Gasteiger charge is 2.12. The molecule has 0 unspecified atom stereocenters. The van der Waals surface area contributed by atoms with Crippen LogP contribution < -0.4 is 19.6 Å². The van der Waals surface area contributed by atoms with Crippen LogP contribution in [0.25, 0.3) is 0 Å². The minimum Gasteiger partial charge on any atom is -0.493 e. The SMILES string of the molecule is CCCCOc1ccc(Br)cc1/C=N/NC(=O)c1ccc(OCc2ccccc2)c(OCC)c1. The molecular formula is C27H29BrN2O4. The first-order valence-corrected chi connectivity index (χ1v) is 12.1. The fourth-order valence-electron chi connectivity index (χ4n) is 3.08. The number of amides is 1. The first kappa shape index (κ1) is 25.3. The van der Waals surface area contributed by atoms with Crippen molar-refractivity contribution in [2.45, 2.75) is 33.3 Å². The second kappa shape index (κ2) is 13.4. The van der Waals surface area contributed by atoms with E-state index in [0.29, 0.717) is 42.6 Å². The summed E-state index contributed by atoms with van der Waals surface area (Å²) >= 11 is 3.46. The summed E-state index contributed by atoms with van der Waals surface area (Å²) in [6.07, 6.45) is 3.59. The number of nitrogens with one attached hydrogen (secondary N) is 1. The third-order valence-electron chi connectivity index (χ3n) is 4.84. The molecule has 1 N–H and O–H groups in total. The quantitative estimate of drug-likeness (QED) is 0.170. The van der Waals surface area contributed by atoms with Crippen LogP contribution in [0.15, 0.2) is 76.3 Å². The molecule has 0 fully saturated rings. The monoisotopic (exact) mass is 524 g/mol. The zero-order valence-electron chi connectivity index (χ0n) is 19.4. The fourth-order valence-corrected chi connectivity index (χ4v) is 3.45. The normalized spacial score (nSPS) is 10.8. The molecule has 0 saturated heterocycles. The van der Waals surface area contributed by atoms with Gasteiger partial charge >= 0.3 is 0 Å². The summed E-state index contributed by atoms with van der Waals surface area (Å²) in [6.45, 7) is 5.49. The van der Waals surface area contributed by atoms with E-state index in [-0.39, 0.29) is 5.91 Å². The minimum atomic E-state index is -0.352. The zero-order chi connectivity index (χ0) is 24.2. The predicted molar refractivity (Wildman–Crippen MR) is 138 cm³/mol. The van der Waals surface area contributed by atoms with Crippen molar-refractivity contribution >= 4 is 28.1 Å². The van der Waals surface area contributed by atoms with E-state index < -0.39 is 0 Å². The van der Waals surface area contributed by atoms with Crippen LogP contribution in [0, 0.1) is 0 Å². The van der Waals surface area contributed by atoms with E-state index in [0.717, 1.165) is 28.4 Å². The van der Waals surface area contributed by atoms with Gasteiger partial charge in [-0.25, -0.2) is 5.43 Å². The lowest BCUT2D eigenvalue weighted by atomic mass is 10.2. The molecule has 0 heterocycles. The average Bonchev–Trinajstić information content (AvgIpc) is 2.85. The van der Waals surface area contributed by atoms with Gasteiger partial charge in [-0.15, -0.1) is 0 Å². The number of carbonyl (C=O) groups excluding carboxylic acids is 1. The number of halogens is 1. The first-order valence-electron chi connectivity index (χ1n) is 11.3.